The first-order valence-corrected chi connectivity index (χ1v) is 7.71. The number of para-hydroxylation sites is 1. The fraction of sp³-hybridized carbons (Fsp3) is 0.316. The predicted molar refractivity (Wildman–Crippen MR) is 92.7 cm³/mol. The monoisotopic (exact) mass is 296 g/mol. The summed E-state index contributed by atoms with van der Waals surface area (Å²) in [5.41, 5.74) is 1.82. The Morgan fingerprint density at radius 3 is 2.64 bits per heavy atom. The Kier molecular flexibility index (Phi) is 5.87. The van der Waals surface area contributed by atoms with E-state index in [0.29, 0.717) is 0 Å². The number of fused-ring (bicyclic) bond motifs is 1. The Balaban J connectivity index is 2.21. The standard InChI is InChI=1S/C19H24N2O/c1-4-14(5-2)13-21-17(6-3)19(22)16-11-12-20-18-10-8-7-9-15(16)18/h4-5,7-12,14,17,19,21-22H,1-2,6,13H2,3H3/t17?,19-/m0/s1. The molecule has 0 fully saturated rings. The number of nitrogens with one attached hydrogen (secondary N) is 1. The van der Waals surface area contributed by atoms with Crippen molar-refractivity contribution >= 4 is 10.9 Å². The number of pyridine rings is 1. The van der Waals surface area contributed by atoms with Crippen LogP contribution in [0.15, 0.2) is 61.8 Å². The largest absolute Gasteiger partial charge is 0.387 e. The van der Waals surface area contributed by atoms with Crippen LogP contribution in [0.4, 0.5) is 0 Å². The molecule has 2 N–H and O–H groups in total. The van der Waals surface area contributed by atoms with Crippen LogP contribution in [0.2, 0.25) is 0 Å². The van der Waals surface area contributed by atoms with Crippen molar-refractivity contribution in [3.8, 4) is 0 Å². The fourth-order valence-corrected chi connectivity index (χ4v) is 2.62. The van der Waals surface area contributed by atoms with Gasteiger partial charge >= 0.3 is 0 Å². The molecule has 1 aromatic heterocycles. The van der Waals surface area contributed by atoms with Gasteiger partial charge in [-0.1, -0.05) is 37.3 Å². The van der Waals surface area contributed by atoms with E-state index in [-0.39, 0.29) is 12.0 Å². The maximum absolute atomic E-state index is 10.8. The third-order valence-corrected chi connectivity index (χ3v) is 4.04. The smallest absolute Gasteiger partial charge is 0.0949 e. The number of aliphatic hydroxyl groups is 1. The number of nitrogens with zero attached hydrogens (tertiary/aromatic N) is 1. The molecule has 3 heteroatoms. The lowest BCUT2D eigenvalue weighted by Gasteiger charge is -2.25. The number of hydrogen-bond donors (Lipinski definition) is 2. The van der Waals surface area contributed by atoms with E-state index < -0.39 is 6.10 Å². The quantitative estimate of drug-likeness (QED) is 0.731. The zero-order valence-corrected chi connectivity index (χ0v) is 13.1. The molecule has 0 radical (unpaired) electrons. The molecule has 0 saturated carbocycles. The van der Waals surface area contributed by atoms with Gasteiger partial charge in [0.25, 0.3) is 0 Å². The molecular weight excluding hydrogens is 272 g/mol. The fourth-order valence-electron chi connectivity index (χ4n) is 2.62. The molecule has 0 spiro atoms. The summed E-state index contributed by atoms with van der Waals surface area (Å²) in [5, 5.41) is 15.2. The molecule has 116 valence electrons. The van der Waals surface area contributed by atoms with Crippen molar-refractivity contribution in [2.45, 2.75) is 25.5 Å². The van der Waals surface area contributed by atoms with Gasteiger partial charge in [-0.3, -0.25) is 4.98 Å². The third-order valence-electron chi connectivity index (χ3n) is 4.04. The molecule has 22 heavy (non-hydrogen) atoms. The highest BCUT2D eigenvalue weighted by molar-refractivity contribution is 5.82. The van der Waals surface area contributed by atoms with E-state index in [1.807, 2.05) is 42.5 Å². The molecule has 0 aliphatic heterocycles. The number of aliphatic hydroxyl groups excluding tert-OH is 1. The molecule has 1 heterocycles. The molecule has 1 unspecified atom stereocenters. The highest BCUT2D eigenvalue weighted by Gasteiger charge is 2.21. The lowest BCUT2D eigenvalue weighted by atomic mass is 9.96. The molecule has 0 aliphatic carbocycles. The van der Waals surface area contributed by atoms with Gasteiger partial charge in [-0.2, -0.15) is 0 Å². The van der Waals surface area contributed by atoms with Crippen LogP contribution in [0.3, 0.4) is 0 Å². The van der Waals surface area contributed by atoms with E-state index in [4.69, 9.17) is 0 Å². The van der Waals surface area contributed by atoms with Crippen molar-refractivity contribution < 1.29 is 5.11 Å². The molecule has 2 rings (SSSR count). The molecule has 3 nitrogen and oxygen atoms in total. The summed E-state index contributed by atoms with van der Waals surface area (Å²) in [5.74, 6) is 0.204. The van der Waals surface area contributed by atoms with Crippen molar-refractivity contribution in [2.75, 3.05) is 6.54 Å². The Morgan fingerprint density at radius 1 is 1.23 bits per heavy atom. The minimum atomic E-state index is -0.576. The summed E-state index contributed by atoms with van der Waals surface area (Å²) in [7, 11) is 0. The van der Waals surface area contributed by atoms with Crippen LogP contribution in [-0.2, 0) is 0 Å². The maximum atomic E-state index is 10.8. The average molecular weight is 296 g/mol. The van der Waals surface area contributed by atoms with Gasteiger partial charge in [0, 0.05) is 30.1 Å². The minimum Gasteiger partial charge on any atom is -0.387 e. The van der Waals surface area contributed by atoms with Crippen molar-refractivity contribution in [1.29, 1.82) is 0 Å². The van der Waals surface area contributed by atoms with Gasteiger partial charge in [0.05, 0.1) is 11.6 Å². The van der Waals surface area contributed by atoms with Crippen LogP contribution in [0.25, 0.3) is 10.9 Å². The molecular formula is C19H24N2O. The lowest BCUT2D eigenvalue weighted by Crippen LogP contribution is -2.37. The topological polar surface area (TPSA) is 45.1 Å². The minimum absolute atomic E-state index is 0.0202. The Morgan fingerprint density at radius 2 is 1.95 bits per heavy atom. The van der Waals surface area contributed by atoms with E-state index in [1.54, 1.807) is 6.20 Å². The normalized spacial score (nSPS) is 14.0. The summed E-state index contributed by atoms with van der Waals surface area (Å²) in [4.78, 5) is 4.35. The molecule has 0 bridgehead atoms. The van der Waals surface area contributed by atoms with E-state index >= 15 is 0 Å². The highest BCUT2D eigenvalue weighted by atomic mass is 16.3. The zero-order chi connectivity index (χ0) is 15.9. The molecule has 0 saturated heterocycles. The Labute approximate surface area is 132 Å². The number of benzene rings is 1. The van der Waals surface area contributed by atoms with Crippen LogP contribution in [-0.4, -0.2) is 22.7 Å². The molecule has 0 amide bonds. The van der Waals surface area contributed by atoms with Crippen molar-refractivity contribution in [3.05, 3.63) is 67.4 Å². The van der Waals surface area contributed by atoms with E-state index in [0.717, 1.165) is 29.4 Å². The van der Waals surface area contributed by atoms with Crippen LogP contribution < -0.4 is 5.32 Å². The number of rotatable bonds is 8. The first-order chi connectivity index (χ1) is 10.7. The SMILES string of the molecule is C=CC(C=C)CNC(CC)[C@@H](O)c1ccnc2ccccc12. The van der Waals surface area contributed by atoms with Gasteiger partial charge in [-0.25, -0.2) is 0 Å². The van der Waals surface area contributed by atoms with Gasteiger partial charge < -0.3 is 10.4 Å². The van der Waals surface area contributed by atoms with Gasteiger partial charge in [0.15, 0.2) is 0 Å². The van der Waals surface area contributed by atoms with Crippen molar-refractivity contribution in [3.63, 3.8) is 0 Å². The summed E-state index contributed by atoms with van der Waals surface area (Å²) in [6.45, 7) is 10.4. The van der Waals surface area contributed by atoms with Gasteiger partial charge in [-0.05, 0) is 24.1 Å². The molecule has 2 atom stereocenters. The Bertz CT molecular complexity index is 625. The molecule has 2 aromatic rings. The van der Waals surface area contributed by atoms with Crippen LogP contribution in [0, 0.1) is 5.92 Å². The van der Waals surface area contributed by atoms with Crippen molar-refractivity contribution in [1.82, 2.24) is 10.3 Å². The second-order valence-corrected chi connectivity index (χ2v) is 5.42. The highest BCUT2D eigenvalue weighted by Crippen LogP contribution is 2.26. The first kappa shape index (κ1) is 16.4. The summed E-state index contributed by atoms with van der Waals surface area (Å²) in [6.07, 6.45) is 5.73. The zero-order valence-electron chi connectivity index (χ0n) is 13.1. The van der Waals surface area contributed by atoms with E-state index in [2.05, 4.69) is 30.4 Å². The number of hydrogen-bond acceptors (Lipinski definition) is 3. The van der Waals surface area contributed by atoms with Crippen LogP contribution in [0.5, 0.6) is 0 Å². The van der Waals surface area contributed by atoms with Gasteiger partial charge in [0.1, 0.15) is 0 Å². The maximum Gasteiger partial charge on any atom is 0.0949 e. The second kappa shape index (κ2) is 7.87. The van der Waals surface area contributed by atoms with Crippen LogP contribution in [0.1, 0.15) is 25.0 Å². The first-order valence-electron chi connectivity index (χ1n) is 7.71. The molecule has 0 aliphatic rings. The lowest BCUT2D eigenvalue weighted by molar-refractivity contribution is 0.126. The average Bonchev–Trinajstić information content (AvgIpc) is 2.58. The second-order valence-electron chi connectivity index (χ2n) is 5.42. The van der Waals surface area contributed by atoms with Crippen LogP contribution >= 0.6 is 0 Å². The summed E-state index contributed by atoms with van der Waals surface area (Å²) >= 11 is 0. The molecule has 1 aromatic carbocycles. The summed E-state index contributed by atoms with van der Waals surface area (Å²) < 4.78 is 0. The van der Waals surface area contributed by atoms with E-state index in [1.165, 1.54) is 0 Å². The third kappa shape index (κ3) is 3.62. The predicted octanol–water partition coefficient (Wildman–Crippen LogP) is 3.62. The van der Waals surface area contributed by atoms with E-state index in [9.17, 15) is 5.11 Å². The van der Waals surface area contributed by atoms with Crippen molar-refractivity contribution in [2.24, 2.45) is 5.92 Å². The Hall–Kier alpha value is -1.97. The van der Waals surface area contributed by atoms with Gasteiger partial charge in [-0.15, -0.1) is 13.2 Å². The summed E-state index contributed by atoms with van der Waals surface area (Å²) in [6, 6.07) is 9.78. The van der Waals surface area contributed by atoms with Gasteiger partial charge in [0.2, 0.25) is 0 Å². The number of aromatic nitrogens is 1.